The Labute approximate surface area is 148 Å². The Kier molecular flexibility index (Phi) is 6.43. The minimum absolute atomic E-state index is 0.0318. The number of hydrogen-bond donors (Lipinski definition) is 1. The monoisotopic (exact) mass is 346 g/mol. The van der Waals surface area contributed by atoms with Crippen molar-refractivity contribution in [3.63, 3.8) is 0 Å². The molecule has 1 aromatic carbocycles. The summed E-state index contributed by atoms with van der Waals surface area (Å²) < 4.78 is 2.06. The molecule has 0 aliphatic heterocycles. The summed E-state index contributed by atoms with van der Waals surface area (Å²) in [6.07, 6.45) is 0. The number of thioether (sulfide) groups is 1. The summed E-state index contributed by atoms with van der Waals surface area (Å²) in [5, 5.41) is 12.4. The molecule has 24 heavy (non-hydrogen) atoms. The van der Waals surface area contributed by atoms with Gasteiger partial charge < -0.3 is 9.88 Å². The largest absolute Gasteiger partial charge is 0.353 e. The topological polar surface area (TPSA) is 59.8 Å². The van der Waals surface area contributed by atoms with Crippen LogP contribution in [0.3, 0.4) is 0 Å². The number of benzene rings is 1. The van der Waals surface area contributed by atoms with E-state index in [1.54, 1.807) is 0 Å². The fourth-order valence-corrected chi connectivity index (χ4v) is 3.11. The SMILES string of the molecule is CCn1c(SCC(=O)N[C@@H](C)C(C)C)nnc1-c1ccccc1C. The van der Waals surface area contributed by atoms with Crippen LogP contribution in [0.15, 0.2) is 29.4 Å². The maximum absolute atomic E-state index is 12.1. The smallest absolute Gasteiger partial charge is 0.230 e. The van der Waals surface area contributed by atoms with Crippen molar-refractivity contribution in [3.8, 4) is 11.4 Å². The van der Waals surface area contributed by atoms with E-state index in [-0.39, 0.29) is 11.9 Å². The number of nitrogens with zero attached hydrogens (tertiary/aromatic N) is 3. The zero-order valence-corrected chi connectivity index (χ0v) is 15.9. The van der Waals surface area contributed by atoms with Crippen molar-refractivity contribution in [3.05, 3.63) is 29.8 Å². The Morgan fingerprint density at radius 3 is 2.58 bits per heavy atom. The molecule has 0 unspecified atom stereocenters. The van der Waals surface area contributed by atoms with Gasteiger partial charge in [0.15, 0.2) is 11.0 Å². The Balaban J connectivity index is 2.10. The van der Waals surface area contributed by atoms with Gasteiger partial charge in [-0.2, -0.15) is 0 Å². The van der Waals surface area contributed by atoms with E-state index in [0.29, 0.717) is 11.7 Å². The first-order valence-corrected chi connectivity index (χ1v) is 9.34. The van der Waals surface area contributed by atoms with Gasteiger partial charge in [-0.3, -0.25) is 4.79 Å². The fourth-order valence-electron chi connectivity index (χ4n) is 2.30. The lowest BCUT2D eigenvalue weighted by Crippen LogP contribution is -2.37. The maximum Gasteiger partial charge on any atom is 0.230 e. The lowest BCUT2D eigenvalue weighted by atomic mass is 10.1. The number of carbonyl (C=O) groups excluding carboxylic acids is 1. The maximum atomic E-state index is 12.1. The van der Waals surface area contributed by atoms with Gasteiger partial charge in [-0.25, -0.2) is 0 Å². The Morgan fingerprint density at radius 2 is 1.96 bits per heavy atom. The van der Waals surface area contributed by atoms with E-state index in [4.69, 9.17) is 0 Å². The zero-order chi connectivity index (χ0) is 17.7. The lowest BCUT2D eigenvalue weighted by Gasteiger charge is -2.17. The Bertz CT molecular complexity index is 696. The summed E-state index contributed by atoms with van der Waals surface area (Å²) in [5.41, 5.74) is 2.25. The molecule has 0 saturated carbocycles. The van der Waals surface area contributed by atoms with Gasteiger partial charge in [-0.15, -0.1) is 10.2 Å². The molecule has 1 heterocycles. The molecule has 0 aliphatic carbocycles. The van der Waals surface area contributed by atoms with Crippen molar-refractivity contribution in [2.75, 3.05) is 5.75 Å². The van der Waals surface area contributed by atoms with Gasteiger partial charge in [0.25, 0.3) is 0 Å². The second kappa shape index (κ2) is 8.33. The van der Waals surface area contributed by atoms with Crippen LogP contribution in [0.25, 0.3) is 11.4 Å². The van der Waals surface area contributed by atoms with Gasteiger partial charge in [0.2, 0.25) is 5.91 Å². The zero-order valence-electron chi connectivity index (χ0n) is 15.0. The van der Waals surface area contributed by atoms with Gasteiger partial charge in [-0.05, 0) is 32.3 Å². The highest BCUT2D eigenvalue weighted by Gasteiger charge is 2.16. The molecule has 2 rings (SSSR count). The van der Waals surface area contributed by atoms with E-state index in [1.807, 2.05) is 19.1 Å². The number of aryl methyl sites for hydroxylation is 1. The first-order valence-electron chi connectivity index (χ1n) is 8.35. The van der Waals surface area contributed by atoms with Crippen molar-refractivity contribution < 1.29 is 4.79 Å². The first-order chi connectivity index (χ1) is 11.4. The molecule has 0 bridgehead atoms. The molecular weight excluding hydrogens is 320 g/mol. The summed E-state index contributed by atoms with van der Waals surface area (Å²) in [6, 6.07) is 8.31. The predicted molar refractivity (Wildman–Crippen MR) is 99.0 cm³/mol. The van der Waals surface area contributed by atoms with Gasteiger partial charge in [-0.1, -0.05) is 49.9 Å². The minimum atomic E-state index is 0.0318. The highest BCUT2D eigenvalue weighted by Crippen LogP contribution is 2.26. The standard InChI is InChI=1S/C18H26N4OS/c1-6-22-17(15-10-8-7-9-13(15)4)20-21-18(22)24-11-16(23)19-14(5)12(2)3/h7-10,12,14H,6,11H2,1-5H3,(H,19,23)/t14-/m0/s1. The molecule has 2 aromatic rings. The van der Waals surface area contributed by atoms with Gasteiger partial charge in [0.05, 0.1) is 5.75 Å². The summed E-state index contributed by atoms with van der Waals surface area (Å²) >= 11 is 1.43. The molecule has 0 aliphatic rings. The number of carbonyl (C=O) groups is 1. The van der Waals surface area contributed by atoms with Crippen LogP contribution in [-0.2, 0) is 11.3 Å². The molecule has 0 fully saturated rings. The van der Waals surface area contributed by atoms with E-state index in [0.717, 1.165) is 23.1 Å². The molecule has 0 radical (unpaired) electrons. The van der Waals surface area contributed by atoms with Crippen LogP contribution in [0.5, 0.6) is 0 Å². The van der Waals surface area contributed by atoms with Crippen LogP contribution in [0.1, 0.15) is 33.3 Å². The lowest BCUT2D eigenvalue weighted by molar-refractivity contribution is -0.119. The fraction of sp³-hybridized carbons (Fsp3) is 0.500. The summed E-state index contributed by atoms with van der Waals surface area (Å²) in [6.45, 7) is 11.1. The predicted octanol–water partition coefficient (Wildman–Crippen LogP) is 3.53. The van der Waals surface area contributed by atoms with Gasteiger partial charge >= 0.3 is 0 Å². The Hall–Kier alpha value is -1.82. The molecule has 130 valence electrons. The average molecular weight is 347 g/mol. The highest BCUT2D eigenvalue weighted by molar-refractivity contribution is 7.99. The van der Waals surface area contributed by atoms with Crippen molar-refractivity contribution in [1.82, 2.24) is 20.1 Å². The molecule has 6 heteroatoms. The molecule has 0 saturated heterocycles. The number of nitrogens with one attached hydrogen (secondary N) is 1. The number of hydrogen-bond acceptors (Lipinski definition) is 4. The van der Waals surface area contributed by atoms with Crippen LogP contribution >= 0.6 is 11.8 Å². The molecule has 1 amide bonds. The second-order valence-electron chi connectivity index (χ2n) is 6.25. The first kappa shape index (κ1) is 18.5. The van der Waals surface area contributed by atoms with Crippen molar-refractivity contribution in [2.45, 2.75) is 52.4 Å². The van der Waals surface area contributed by atoms with Gasteiger partial charge in [0.1, 0.15) is 0 Å². The van der Waals surface area contributed by atoms with Crippen molar-refractivity contribution in [2.24, 2.45) is 5.92 Å². The normalized spacial score (nSPS) is 12.4. The Morgan fingerprint density at radius 1 is 1.25 bits per heavy atom. The van der Waals surface area contributed by atoms with Crippen molar-refractivity contribution >= 4 is 17.7 Å². The second-order valence-corrected chi connectivity index (χ2v) is 7.20. The third-order valence-corrected chi connectivity index (χ3v) is 5.11. The molecule has 1 N–H and O–H groups in total. The van der Waals surface area contributed by atoms with Crippen LogP contribution in [0.2, 0.25) is 0 Å². The van der Waals surface area contributed by atoms with Gasteiger partial charge in [0, 0.05) is 18.2 Å². The van der Waals surface area contributed by atoms with E-state index < -0.39 is 0 Å². The van der Waals surface area contributed by atoms with E-state index >= 15 is 0 Å². The number of aromatic nitrogens is 3. The molecule has 1 atom stereocenters. The van der Waals surface area contributed by atoms with Crippen LogP contribution in [0.4, 0.5) is 0 Å². The highest BCUT2D eigenvalue weighted by atomic mass is 32.2. The molecule has 0 spiro atoms. The van der Waals surface area contributed by atoms with Crippen LogP contribution < -0.4 is 5.32 Å². The summed E-state index contributed by atoms with van der Waals surface area (Å²) in [4.78, 5) is 12.1. The van der Waals surface area contributed by atoms with Crippen molar-refractivity contribution in [1.29, 1.82) is 0 Å². The quantitative estimate of drug-likeness (QED) is 0.779. The molecular formula is C18H26N4OS. The summed E-state index contributed by atoms with van der Waals surface area (Å²) in [7, 11) is 0. The average Bonchev–Trinajstić information content (AvgIpc) is 2.95. The van der Waals surface area contributed by atoms with E-state index in [2.05, 4.69) is 59.9 Å². The van der Waals surface area contributed by atoms with E-state index in [1.165, 1.54) is 17.3 Å². The molecule has 5 nitrogen and oxygen atoms in total. The third-order valence-electron chi connectivity index (χ3n) is 4.14. The number of rotatable bonds is 7. The third kappa shape index (κ3) is 4.38. The molecule has 1 aromatic heterocycles. The number of amides is 1. The van der Waals surface area contributed by atoms with E-state index in [9.17, 15) is 4.79 Å². The van der Waals surface area contributed by atoms with Crippen LogP contribution in [-0.4, -0.2) is 32.5 Å². The van der Waals surface area contributed by atoms with Crippen LogP contribution in [0, 0.1) is 12.8 Å². The summed E-state index contributed by atoms with van der Waals surface area (Å²) in [5.74, 6) is 1.66. The minimum Gasteiger partial charge on any atom is -0.353 e.